The monoisotopic (exact) mass is 308 g/mol. The Bertz CT molecular complexity index is 651. The Morgan fingerprint density at radius 1 is 1.05 bits per heavy atom. The Labute approximate surface area is 125 Å². The molecule has 21 heavy (non-hydrogen) atoms. The van der Waals surface area contributed by atoms with Crippen LogP contribution in [0.2, 0.25) is 0 Å². The average molecular weight is 308 g/mol. The zero-order chi connectivity index (χ0) is 15.1. The van der Waals surface area contributed by atoms with Crippen LogP contribution in [0.15, 0.2) is 46.9 Å². The molecule has 0 fully saturated rings. The van der Waals surface area contributed by atoms with Crippen molar-refractivity contribution in [3.63, 3.8) is 0 Å². The Morgan fingerprint density at radius 2 is 1.81 bits per heavy atom. The molecule has 1 aromatic heterocycles. The largest absolute Gasteiger partial charge is 0.465 e. The summed E-state index contributed by atoms with van der Waals surface area (Å²) in [4.78, 5) is 0. The highest BCUT2D eigenvalue weighted by Gasteiger charge is 2.10. The lowest BCUT2D eigenvalue weighted by molar-refractivity contribution is 0.462. The van der Waals surface area contributed by atoms with E-state index >= 15 is 0 Å². The van der Waals surface area contributed by atoms with E-state index in [9.17, 15) is 8.42 Å². The highest BCUT2D eigenvalue weighted by atomic mass is 32.2. The predicted molar refractivity (Wildman–Crippen MR) is 82.2 cm³/mol. The molecule has 1 heterocycles. The maximum atomic E-state index is 11.9. The Morgan fingerprint density at radius 3 is 2.48 bits per heavy atom. The van der Waals surface area contributed by atoms with E-state index in [1.165, 1.54) is 0 Å². The molecule has 0 atom stereocenters. The Kier molecular flexibility index (Phi) is 5.55. The van der Waals surface area contributed by atoms with Crippen molar-refractivity contribution in [1.82, 2.24) is 10.0 Å². The normalized spacial score (nSPS) is 11.7. The lowest BCUT2D eigenvalue weighted by Gasteiger charge is -2.07. The van der Waals surface area contributed by atoms with Crippen molar-refractivity contribution in [2.45, 2.75) is 19.2 Å². The quantitative estimate of drug-likeness (QED) is 0.730. The summed E-state index contributed by atoms with van der Waals surface area (Å²) in [6.07, 6.45) is 0. The molecule has 5 nitrogen and oxygen atoms in total. The van der Waals surface area contributed by atoms with Gasteiger partial charge in [0.1, 0.15) is 11.5 Å². The van der Waals surface area contributed by atoms with E-state index in [-0.39, 0.29) is 5.75 Å². The molecule has 0 bridgehead atoms. The molecule has 0 radical (unpaired) electrons. The van der Waals surface area contributed by atoms with Gasteiger partial charge >= 0.3 is 0 Å². The first-order valence-electron chi connectivity index (χ1n) is 6.82. The van der Waals surface area contributed by atoms with E-state index in [0.29, 0.717) is 19.6 Å². The third kappa shape index (κ3) is 5.71. The molecular weight excluding hydrogens is 288 g/mol. The molecule has 0 unspecified atom stereocenters. The first-order valence-corrected chi connectivity index (χ1v) is 8.48. The third-order valence-corrected chi connectivity index (χ3v) is 4.28. The minimum Gasteiger partial charge on any atom is -0.465 e. The summed E-state index contributed by atoms with van der Waals surface area (Å²) in [6.45, 7) is 3.39. The van der Waals surface area contributed by atoms with Crippen molar-refractivity contribution in [3.8, 4) is 0 Å². The van der Waals surface area contributed by atoms with Crippen molar-refractivity contribution in [3.05, 3.63) is 59.5 Å². The molecule has 2 aromatic rings. The molecule has 114 valence electrons. The summed E-state index contributed by atoms with van der Waals surface area (Å²) in [7, 11) is -3.29. The minimum atomic E-state index is -3.29. The molecule has 0 aliphatic heterocycles. The summed E-state index contributed by atoms with van der Waals surface area (Å²) in [5.41, 5.74) is 0.781. The number of furan rings is 1. The maximum Gasteiger partial charge on any atom is 0.215 e. The van der Waals surface area contributed by atoms with Crippen LogP contribution >= 0.6 is 0 Å². The number of benzene rings is 1. The zero-order valence-corrected chi connectivity index (χ0v) is 12.8. The van der Waals surface area contributed by atoms with Crippen LogP contribution in [0.1, 0.15) is 17.1 Å². The second kappa shape index (κ2) is 7.40. The van der Waals surface area contributed by atoms with Gasteiger partial charge in [-0.3, -0.25) is 0 Å². The first kappa shape index (κ1) is 15.8. The van der Waals surface area contributed by atoms with Gasteiger partial charge in [-0.15, -0.1) is 0 Å². The molecule has 2 N–H and O–H groups in total. The predicted octanol–water partition coefficient (Wildman–Crippen LogP) is 1.80. The second-order valence-electron chi connectivity index (χ2n) is 4.83. The van der Waals surface area contributed by atoms with Crippen molar-refractivity contribution in [1.29, 1.82) is 0 Å². The Balaban J connectivity index is 1.68. The van der Waals surface area contributed by atoms with E-state index in [1.807, 2.05) is 37.3 Å². The summed E-state index contributed by atoms with van der Waals surface area (Å²) >= 11 is 0. The van der Waals surface area contributed by atoms with Crippen LogP contribution in [0.3, 0.4) is 0 Å². The van der Waals surface area contributed by atoms with Crippen LogP contribution in [-0.2, 0) is 22.3 Å². The topological polar surface area (TPSA) is 71.3 Å². The summed E-state index contributed by atoms with van der Waals surface area (Å²) < 4.78 is 31.7. The smallest absolute Gasteiger partial charge is 0.215 e. The van der Waals surface area contributed by atoms with Crippen LogP contribution in [0.5, 0.6) is 0 Å². The summed E-state index contributed by atoms with van der Waals surface area (Å²) in [6, 6.07) is 12.9. The fourth-order valence-electron chi connectivity index (χ4n) is 1.93. The fraction of sp³-hybridized carbons (Fsp3) is 0.333. The number of nitrogens with one attached hydrogen (secondary N) is 2. The van der Waals surface area contributed by atoms with Crippen molar-refractivity contribution < 1.29 is 12.8 Å². The van der Waals surface area contributed by atoms with Crippen molar-refractivity contribution in [2.24, 2.45) is 0 Å². The molecule has 1 aromatic carbocycles. The van der Waals surface area contributed by atoms with E-state index in [4.69, 9.17) is 4.42 Å². The van der Waals surface area contributed by atoms with Gasteiger partial charge in [-0.1, -0.05) is 30.3 Å². The molecule has 0 amide bonds. The molecule has 0 aliphatic carbocycles. The minimum absolute atomic E-state index is 0.00518. The van der Waals surface area contributed by atoms with E-state index in [1.54, 1.807) is 12.1 Å². The first-order chi connectivity index (χ1) is 10.1. The summed E-state index contributed by atoms with van der Waals surface area (Å²) in [5, 5.41) is 3.13. The van der Waals surface area contributed by atoms with E-state index in [2.05, 4.69) is 10.0 Å². The SMILES string of the molecule is Cc1ccc(CNCCNS(=O)(=O)Cc2ccccc2)o1. The summed E-state index contributed by atoms with van der Waals surface area (Å²) in [5.74, 6) is 1.72. The van der Waals surface area contributed by atoms with Crippen LogP contribution < -0.4 is 10.0 Å². The molecule has 6 heteroatoms. The van der Waals surface area contributed by atoms with Gasteiger partial charge in [-0.2, -0.15) is 0 Å². The van der Waals surface area contributed by atoms with Gasteiger partial charge in [0, 0.05) is 13.1 Å². The van der Waals surface area contributed by atoms with Crippen LogP contribution in [0, 0.1) is 6.92 Å². The zero-order valence-electron chi connectivity index (χ0n) is 12.0. The second-order valence-corrected chi connectivity index (χ2v) is 6.64. The van der Waals surface area contributed by atoms with E-state index < -0.39 is 10.0 Å². The number of rotatable bonds is 8. The lowest BCUT2D eigenvalue weighted by Crippen LogP contribution is -2.32. The molecule has 0 spiro atoms. The van der Waals surface area contributed by atoms with Gasteiger partial charge in [-0.05, 0) is 24.6 Å². The van der Waals surface area contributed by atoms with Gasteiger partial charge in [0.05, 0.1) is 12.3 Å². The standard InChI is InChI=1S/C15H20N2O3S/c1-13-7-8-15(20-13)11-16-9-10-17-21(18,19)12-14-5-3-2-4-6-14/h2-8,16-17H,9-12H2,1H3. The highest BCUT2D eigenvalue weighted by Crippen LogP contribution is 2.05. The molecule has 0 saturated carbocycles. The number of hydrogen-bond acceptors (Lipinski definition) is 4. The van der Waals surface area contributed by atoms with Crippen LogP contribution in [0.25, 0.3) is 0 Å². The third-order valence-electron chi connectivity index (χ3n) is 2.92. The average Bonchev–Trinajstić information content (AvgIpc) is 2.84. The van der Waals surface area contributed by atoms with E-state index in [0.717, 1.165) is 17.1 Å². The van der Waals surface area contributed by atoms with Gasteiger partial charge in [0.25, 0.3) is 0 Å². The lowest BCUT2D eigenvalue weighted by atomic mass is 10.2. The van der Waals surface area contributed by atoms with Gasteiger partial charge in [-0.25, -0.2) is 13.1 Å². The maximum absolute atomic E-state index is 11.9. The van der Waals surface area contributed by atoms with Gasteiger partial charge in [0.2, 0.25) is 10.0 Å². The number of hydrogen-bond donors (Lipinski definition) is 2. The van der Waals surface area contributed by atoms with Gasteiger partial charge < -0.3 is 9.73 Å². The highest BCUT2D eigenvalue weighted by molar-refractivity contribution is 7.88. The molecule has 0 saturated heterocycles. The fourth-order valence-corrected chi connectivity index (χ4v) is 3.08. The number of aryl methyl sites for hydroxylation is 1. The number of sulfonamides is 1. The molecule has 0 aliphatic rings. The Hall–Kier alpha value is -1.63. The van der Waals surface area contributed by atoms with Crippen molar-refractivity contribution >= 4 is 10.0 Å². The van der Waals surface area contributed by atoms with Crippen LogP contribution in [0.4, 0.5) is 0 Å². The van der Waals surface area contributed by atoms with Crippen molar-refractivity contribution in [2.75, 3.05) is 13.1 Å². The molecular formula is C15H20N2O3S. The van der Waals surface area contributed by atoms with Crippen LogP contribution in [-0.4, -0.2) is 21.5 Å². The van der Waals surface area contributed by atoms with Gasteiger partial charge in [0.15, 0.2) is 0 Å². The molecule has 2 rings (SSSR count).